The minimum absolute atomic E-state index is 0.153. The molecule has 0 fully saturated rings. The predicted molar refractivity (Wildman–Crippen MR) is 64.9 cm³/mol. The normalized spacial score (nSPS) is 10.6. The number of imidazole rings is 1. The molecule has 96 valence electrons. The maximum absolute atomic E-state index is 11.3. The highest BCUT2D eigenvalue weighted by Crippen LogP contribution is 2.10. The van der Waals surface area contributed by atoms with Crippen LogP contribution in [0, 0.1) is 6.92 Å². The molecule has 0 aliphatic carbocycles. The van der Waals surface area contributed by atoms with E-state index < -0.39 is 5.97 Å². The molecule has 0 aliphatic rings. The molecular weight excluding hydrogens is 234 g/mol. The van der Waals surface area contributed by atoms with Gasteiger partial charge in [-0.05, 0) is 6.92 Å². The van der Waals surface area contributed by atoms with Crippen molar-refractivity contribution < 1.29 is 9.53 Å². The summed E-state index contributed by atoms with van der Waals surface area (Å²) in [6, 6.07) is 0. The van der Waals surface area contributed by atoms with Crippen molar-refractivity contribution in [1.29, 1.82) is 0 Å². The SMILES string of the molecule is COC(=O)c1nn(CCn2ccnc2C)cc1N. The molecule has 0 unspecified atom stereocenters. The number of rotatable bonds is 4. The summed E-state index contributed by atoms with van der Waals surface area (Å²) in [6.45, 7) is 3.25. The summed E-state index contributed by atoms with van der Waals surface area (Å²) in [7, 11) is 1.30. The molecule has 0 spiro atoms. The van der Waals surface area contributed by atoms with E-state index in [4.69, 9.17) is 5.73 Å². The van der Waals surface area contributed by atoms with E-state index in [1.807, 2.05) is 17.7 Å². The topological polar surface area (TPSA) is 88.0 Å². The van der Waals surface area contributed by atoms with E-state index in [1.54, 1.807) is 17.1 Å². The number of anilines is 1. The quantitative estimate of drug-likeness (QED) is 0.795. The van der Waals surface area contributed by atoms with Crippen molar-refractivity contribution in [2.45, 2.75) is 20.0 Å². The molecule has 0 aliphatic heterocycles. The number of nitrogens with zero attached hydrogens (tertiary/aromatic N) is 4. The summed E-state index contributed by atoms with van der Waals surface area (Å²) in [5.41, 5.74) is 6.17. The Morgan fingerprint density at radius 2 is 2.28 bits per heavy atom. The van der Waals surface area contributed by atoms with Crippen molar-refractivity contribution in [1.82, 2.24) is 19.3 Å². The average molecular weight is 249 g/mol. The Kier molecular flexibility index (Phi) is 3.31. The highest BCUT2D eigenvalue weighted by molar-refractivity contribution is 5.92. The Bertz CT molecular complexity index is 558. The Balaban J connectivity index is 2.07. The molecule has 0 saturated heterocycles. The van der Waals surface area contributed by atoms with Crippen LogP contribution in [-0.2, 0) is 17.8 Å². The first kappa shape index (κ1) is 12.2. The molecule has 7 nitrogen and oxygen atoms in total. The lowest BCUT2D eigenvalue weighted by Gasteiger charge is -2.04. The van der Waals surface area contributed by atoms with Crippen LogP contribution in [0.1, 0.15) is 16.3 Å². The Morgan fingerprint density at radius 3 is 2.89 bits per heavy atom. The number of hydrogen-bond acceptors (Lipinski definition) is 5. The van der Waals surface area contributed by atoms with Gasteiger partial charge in [-0.2, -0.15) is 5.10 Å². The molecular formula is C11H15N5O2. The van der Waals surface area contributed by atoms with Gasteiger partial charge in [0.1, 0.15) is 5.82 Å². The lowest BCUT2D eigenvalue weighted by atomic mass is 10.4. The van der Waals surface area contributed by atoms with Crippen LogP contribution in [0.5, 0.6) is 0 Å². The smallest absolute Gasteiger partial charge is 0.360 e. The molecule has 0 radical (unpaired) electrons. The Labute approximate surface area is 104 Å². The number of aryl methyl sites for hydroxylation is 3. The number of nitrogen functional groups attached to an aromatic ring is 1. The standard InChI is InChI=1S/C11H15N5O2/c1-8-13-3-4-15(8)5-6-16-7-9(12)10(14-16)11(17)18-2/h3-4,7H,5-6,12H2,1-2H3. The second-order valence-corrected chi connectivity index (χ2v) is 3.86. The van der Waals surface area contributed by atoms with E-state index in [0.717, 1.165) is 5.82 Å². The molecule has 0 bridgehead atoms. The molecule has 2 aromatic heterocycles. The van der Waals surface area contributed by atoms with E-state index >= 15 is 0 Å². The zero-order chi connectivity index (χ0) is 13.1. The lowest BCUT2D eigenvalue weighted by Crippen LogP contribution is -2.10. The van der Waals surface area contributed by atoms with Crippen LogP contribution >= 0.6 is 0 Å². The number of nitrogens with two attached hydrogens (primary N) is 1. The molecule has 7 heteroatoms. The summed E-state index contributed by atoms with van der Waals surface area (Å²) in [5, 5.41) is 4.09. The van der Waals surface area contributed by atoms with Crippen molar-refractivity contribution in [2.24, 2.45) is 0 Å². The summed E-state index contributed by atoms with van der Waals surface area (Å²) in [6.07, 6.45) is 5.26. The van der Waals surface area contributed by atoms with Crippen molar-refractivity contribution in [3.63, 3.8) is 0 Å². The second kappa shape index (κ2) is 4.91. The van der Waals surface area contributed by atoms with E-state index in [-0.39, 0.29) is 5.69 Å². The molecule has 0 atom stereocenters. The monoisotopic (exact) mass is 249 g/mol. The molecule has 2 heterocycles. The fraction of sp³-hybridized carbons (Fsp3) is 0.364. The first-order valence-electron chi connectivity index (χ1n) is 5.51. The van der Waals surface area contributed by atoms with E-state index in [2.05, 4.69) is 14.8 Å². The van der Waals surface area contributed by atoms with Gasteiger partial charge in [-0.1, -0.05) is 0 Å². The van der Waals surface area contributed by atoms with Gasteiger partial charge < -0.3 is 15.0 Å². The summed E-state index contributed by atoms with van der Waals surface area (Å²) in [5.74, 6) is 0.411. The van der Waals surface area contributed by atoms with Gasteiger partial charge in [0.05, 0.1) is 19.3 Å². The largest absolute Gasteiger partial charge is 0.464 e. The van der Waals surface area contributed by atoms with Crippen LogP contribution in [0.25, 0.3) is 0 Å². The number of methoxy groups -OCH3 is 1. The van der Waals surface area contributed by atoms with Gasteiger partial charge in [-0.25, -0.2) is 9.78 Å². The molecule has 0 aromatic carbocycles. The molecule has 2 aromatic rings. The number of carbonyl (C=O) groups is 1. The van der Waals surface area contributed by atoms with Gasteiger partial charge in [0.2, 0.25) is 0 Å². The molecule has 0 saturated carbocycles. The third-order valence-electron chi connectivity index (χ3n) is 2.66. The number of esters is 1. The van der Waals surface area contributed by atoms with Gasteiger partial charge in [-0.15, -0.1) is 0 Å². The second-order valence-electron chi connectivity index (χ2n) is 3.86. The predicted octanol–water partition coefficient (Wildman–Crippen LogP) is 0.457. The summed E-state index contributed by atoms with van der Waals surface area (Å²) < 4.78 is 8.21. The lowest BCUT2D eigenvalue weighted by molar-refractivity contribution is 0.0594. The zero-order valence-corrected chi connectivity index (χ0v) is 10.3. The van der Waals surface area contributed by atoms with Gasteiger partial charge in [-0.3, -0.25) is 4.68 Å². The van der Waals surface area contributed by atoms with E-state index in [9.17, 15) is 4.79 Å². The molecule has 2 N–H and O–H groups in total. The van der Waals surface area contributed by atoms with Gasteiger partial charge in [0.15, 0.2) is 5.69 Å². The number of hydrogen-bond donors (Lipinski definition) is 1. The maximum Gasteiger partial charge on any atom is 0.360 e. The number of carbonyl (C=O) groups excluding carboxylic acids is 1. The first-order valence-corrected chi connectivity index (χ1v) is 5.51. The highest BCUT2D eigenvalue weighted by Gasteiger charge is 2.14. The van der Waals surface area contributed by atoms with Crippen LogP contribution in [0.2, 0.25) is 0 Å². The summed E-state index contributed by atoms with van der Waals surface area (Å²) in [4.78, 5) is 15.5. The zero-order valence-electron chi connectivity index (χ0n) is 10.3. The van der Waals surface area contributed by atoms with Gasteiger partial charge >= 0.3 is 5.97 Å². The van der Waals surface area contributed by atoms with E-state index in [0.29, 0.717) is 18.8 Å². The number of ether oxygens (including phenoxy) is 1. The molecule has 2 rings (SSSR count). The van der Waals surface area contributed by atoms with Crippen LogP contribution in [0.15, 0.2) is 18.6 Å². The van der Waals surface area contributed by atoms with Gasteiger partial charge in [0.25, 0.3) is 0 Å². The minimum Gasteiger partial charge on any atom is -0.464 e. The first-order chi connectivity index (χ1) is 8.61. The Hall–Kier alpha value is -2.31. The minimum atomic E-state index is -0.523. The Morgan fingerprint density at radius 1 is 1.50 bits per heavy atom. The molecule has 18 heavy (non-hydrogen) atoms. The van der Waals surface area contributed by atoms with Crippen LogP contribution in [-0.4, -0.2) is 32.4 Å². The van der Waals surface area contributed by atoms with Crippen molar-refractivity contribution in [3.8, 4) is 0 Å². The number of aromatic nitrogens is 4. The maximum atomic E-state index is 11.3. The van der Waals surface area contributed by atoms with Crippen LogP contribution in [0.3, 0.4) is 0 Å². The van der Waals surface area contributed by atoms with Crippen LogP contribution < -0.4 is 5.73 Å². The fourth-order valence-electron chi connectivity index (χ4n) is 1.66. The average Bonchev–Trinajstić information content (AvgIpc) is 2.92. The third-order valence-corrected chi connectivity index (χ3v) is 2.66. The van der Waals surface area contributed by atoms with Crippen LogP contribution in [0.4, 0.5) is 5.69 Å². The van der Waals surface area contributed by atoms with Crippen molar-refractivity contribution in [2.75, 3.05) is 12.8 Å². The third kappa shape index (κ3) is 2.34. The van der Waals surface area contributed by atoms with E-state index in [1.165, 1.54) is 7.11 Å². The summed E-state index contributed by atoms with van der Waals surface area (Å²) >= 11 is 0. The highest BCUT2D eigenvalue weighted by atomic mass is 16.5. The fourth-order valence-corrected chi connectivity index (χ4v) is 1.66. The van der Waals surface area contributed by atoms with Crippen molar-refractivity contribution >= 4 is 11.7 Å². The molecule has 0 amide bonds. The van der Waals surface area contributed by atoms with Crippen molar-refractivity contribution in [3.05, 3.63) is 30.1 Å². The van der Waals surface area contributed by atoms with Gasteiger partial charge in [0, 0.05) is 25.1 Å².